The van der Waals surface area contributed by atoms with Crippen LogP contribution in [-0.2, 0) is 0 Å². The minimum Gasteiger partial charge on any atom is -0.493 e. The van der Waals surface area contributed by atoms with E-state index in [0.29, 0.717) is 22.9 Å². The van der Waals surface area contributed by atoms with Crippen LogP contribution in [0, 0.1) is 0 Å². The van der Waals surface area contributed by atoms with Gasteiger partial charge in [-0.3, -0.25) is 9.20 Å². The van der Waals surface area contributed by atoms with Gasteiger partial charge in [-0.1, -0.05) is 6.07 Å². The van der Waals surface area contributed by atoms with Crippen molar-refractivity contribution in [2.24, 2.45) is 0 Å². The molecule has 1 atom stereocenters. The molecule has 0 saturated carbocycles. The molecule has 0 radical (unpaired) electrons. The Morgan fingerprint density at radius 3 is 2.74 bits per heavy atom. The summed E-state index contributed by atoms with van der Waals surface area (Å²) in [6.07, 6.45) is 4.68. The van der Waals surface area contributed by atoms with Crippen molar-refractivity contribution in [3.63, 3.8) is 0 Å². The first kappa shape index (κ1) is 19.0. The Morgan fingerprint density at radius 1 is 1.19 bits per heavy atom. The molecule has 0 aliphatic heterocycles. The van der Waals surface area contributed by atoms with Crippen molar-refractivity contribution in [1.29, 1.82) is 0 Å². The Hall–Kier alpha value is -2.74. The number of aromatic nitrogens is 3. The smallest absolute Gasteiger partial charge is 0.252 e. The van der Waals surface area contributed by atoms with Crippen LogP contribution in [0.4, 0.5) is 0 Å². The number of pyridine rings is 1. The maximum absolute atomic E-state index is 12.8. The molecule has 0 fully saturated rings. The topological polar surface area (TPSA) is 77.8 Å². The van der Waals surface area contributed by atoms with Gasteiger partial charge in [0.15, 0.2) is 23.0 Å². The van der Waals surface area contributed by atoms with Gasteiger partial charge >= 0.3 is 0 Å². The molecule has 1 aromatic carbocycles. The third-order valence-electron chi connectivity index (χ3n) is 4.21. The lowest BCUT2D eigenvalue weighted by Gasteiger charge is -2.17. The highest BCUT2D eigenvalue weighted by atomic mass is 32.2. The Morgan fingerprint density at radius 2 is 2.00 bits per heavy atom. The maximum atomic E-state index is 12.8. The van der Waals surface area contributed by atoms with Gasteiger partial charge in [-0.2, -0.15) is 11.8 Å². The highest BCUT2D eigenvalue weighted by Crippen LogP contribution is 2.28. The van der Waals surface area contributed by atoms with E-state index in [1.165, 1.54) is 0 Å². The fourth-order valence-electron chi connectivity index (χ4n) is 2.82. The zero-order valence-corrected chi connectivity index (χ0v) is 16.3. The fourth-order valence-corrected chi connectivity index (χ4v) is 3.29. The van der Waals surface area contributed by atoms with Crippen molar-refractivity contribution in [3.8, 4) is 11.5 Å². The second-order valence-electron chi connectivity index (χ2n) is 5.86. The summed E-state index contributed by atoms with van der Waals surface area (Å²) in [4.78, 5) is 12.8. The van der Waals surface area contributed by atoms with Crippen LogP contribution in [0.15, 0.2) is 42.6 Å². The van der Waals surface area contributed by atoms with Gasteiger partial charge in [-0.05, 0) is 48.8 Å². The van der Waals surface area contributed by atoms with E-state index in [2.05, 4.69) is 15.5 Å². The molecule has 0 bridgehead atoms. The van der Waals surface area contributed by atoms with Crippen LogP contribution in [0.3, 0.4) is 0 Å². The third kappa shape index (κ3) is 4.16. The number of nitrogens with zero attached hydrogens (tertiary/aromatic N) is 3. The second kappa shape index (κ2) is 8.77. The number of benzene rings is 1. The molecule has 8 heteroatoms. The monoisotopic (exact) mass is 386 g/mol. The number of nitrogens with one attached hydrogen (secondary N) is 1. The molecule has 2 heterocycles. The first-order valence-electron chi connectivity index (χ1n) is 8.49. The number of ether oxygens (including phenoxy) is 2. The van der Waals surface area contributed by atoms with E-state index in [1.807, 2.05) is 35.1 Å². The van der Waals surface area contributed by atoms with Gasteiger partial charge in [-0.15, -0.1) is 10.2 Å². The molecule has 1 N–H and O–H groups in total. The van der Waals surface area contributed by atoms with Crippen LogP contribution in [0.5, 0.6) is 11.5 Å². The van der Waals surface area contributed by atoms with E-state index < -0.39 is 0 Å². The molecular weight excluding hydrogens is 364 g/mol. The largest absolute Gasteiger partial charge is 0.493 e. The Labute approximate surface area is 162 Å². The average molecular weight is 386 g/mol. The number of methoxy groups -OCH3 is 2. The van der Waals surface area contributed by atoms with E-state index in [4.69, 9.17) is 9.47 Å². The summed E-state index contributed by atoms with van der Waals surface area (Å²) < 4.78 is 12.4. The summed E-state index contributed by atoms with van der Waals surface area (Å²) in [5, 5.41) is 11.6. The molecule has 0 aliphatic carbocycles. The molecule has 1 amide bonds. The van der Waals surface area contributed by atoms with Gasteiger partial charge in [0.1, 0.15) is 0 Å². The highest BCUT2D eigenvalue weighted by molar-refractivity contribution is 7.98. The Balaban J connectivity index is 1.87. The van der Waals surface area contributed by atoms with E-state index >= 15 is 0 Å². The van der Waals surface area contributed by atoms with Gasteiger partial charge in [0.05, 0.1) is 20.3 Å². The Bertz CT molecular complexity index is 928. The van der Waals surface area contributed by atoms with Crippen LogP contribution < -0.4 is 14.8 Å². The summed E-state index contributed by atoms with van der Waals surface area (Å²) in [6, 6.07) is 10.6. The average Bonchev–Trinajstić information content (AvgIpc) is 3.14. The van der Waals surface area contributed by atoms with Crippen molar-refractivity contribution in [1.82, 2.24) is 19.9 Å². The van der Waals surface area contributed by atoms with Crippen molar-refractivity contribution in [3.05, 3.63) is 54.0 Å². The number of carbonyl (C=O) groups excluding carboxylic acids is 1. The summed E-state index contributed by atoms with van der Waals surface area (Å²) in [6.45, 7) is 0. The molecule has 3 aromatic rings. The number of thioether (sulfide) groups is 1. The molecule has 142 valence electrons. The molecule has 0 spiro atoms. The number of hydrogen-bond acceptors (Lipinski definition) is 6. The van der Waals surface area contributed by atoms with Crippen molar-refractivity contribution in [2.45, 2.75) is 12.5 Å². The van der Waals surface area contributed by atoms with Gasteiger partial charge in [0, 0.05) is 11.8 Å². The second-order valence-corrected chi connectivity index (χ2v) is 6.85. The quantitative estimate of drug-likeness (QED) is 0.641. The number of fused-ring (bicyclic) bond motifs is 1. The van der Waals surface area contributed by atoms with Gasteiger partial charge in [0.25, 0.3) is 5.91 Å². The third-order valence-corrected chi connectivity index (χ3v) is 4.86. The van der Waals surface area contributed by atoms with Crippen LogP contribution in [0.25, 0.3) is 5.65 Å². The maximum Gasteiger partial charge on any atom is 0.252 e. The normalized spacial score (nSPS) is 12.0. The molecule has 2 aromatic heterocycles. The van der Waals surface area contributed by atoms with Crippen LogP contribution in [-0.4, -0.2) is 46.7 Å². The summed E-state index contributed by atoms with van der Waals surface area (Å²) in [7, 11) is 3.11. The minimum atomic E-state index is -0.254. The molecule has 7 nitrogen and oxygen atoms in total. The predicted molar refractivity (Wildman–Crippen MR) is 106 cm³/mol. The fraction of sp³-hybridized carbons (Fsp3) is 0.316. The molecule has 3 rings (SSSR count). The van der Waals surface area contributed by atoms with Crippen molar-refractivity contribution >= 4 is 23.3 Å². The summed E-state index contributed by atoms with van der Waals surface area (Å²) >= 11 is 1.72. The number of rotatable bonds is 8. The van der Waals surface area contributed by atoms with Crippen molar-refractivity contribution in [2.75, 3.05) is 26.2 Å². The molecule has 27 heavy (non-hydrogen) atoms. The van der Waals surface area contributed by atoms with E-state index in [-0.39, 0.29) is 11.9 Å². The van der Waals surface area contributed by atoms with Crippen LogP contribution in [0.2, 0.25) is 0 Å². The minimum absolute atomic E-state index is 0.199. The standard InChI is InChI=1S/C19H22N4O3S/c1-25-15-8-7-13(12-16(15)26-2)19(24)20-14(9-11-27-3)18-22-21-17-6-4-5-10-23(17)18/h4-8,10,12,14H,9,11H2,1-3H3,(H,20,24)/t14-/m0/s1. The lowest BCUT2D eigenvalue weighted by atomic mass is 10.1. The molecule has 0 saturated heterocycles. The SMILES string of the molecule is COc1ccc(C(=O)N[C@@H](CCSC)c2nnc3ccccn23)cc1OC. The number of carbonyl (C=O) groups is 1. The van der Waals surface area contributed by atoms with E-state index in [9.17, 15) is 4.79 Å². The summed E-state index contributed by atoms with van der Waals surface area (Å²) in [5.41, 5.74) is 1.25. The number of hydrogen-bond donors (Lipinski definition) is 1. The van der Waals surface area contributed by atoms with Gasteiger partial charge in [0.2, 0.25) is 0 Å². The summed E-state index contributed by atoms with van der Waals surface area (Å²) in [5.74, 6) is 2.50. The lowest BCUT2D eigenvalue weighted by Crippen LogP contribution is -2.30. The molecule has 0 aliphatic rings. The first-order valence-corrected chi connectivity index (χ1v) is 9.88. The highest BCUT2D eigenvalue weighted by Gasteiger charge is 2.21. The Kier molecular flexibility index (Phi) is 6.18. The zero-order valence-electron chi connectivity index (χ0n) is 15.5. The van der Waals surface area contributed by atoms with Crippen LogP contribution in [0.1, 0.15) is 28.6 Å². The zero-order chi connectivity index (χ0) is 19.2. The van der Waals surface area contributed by atoms with E-state index in [1.54, 1.807) is 44.2 Å². The van der Waals surface area contributed by atoms with Gasteiger partial charge in [-0.25, -0.2) is 0 Å². The molecule has 0 unspecified atom stereocenters. The predicted octanol–water partition coefficient (Wildman–Crippen LogP) is 2.97. The number of amides is 1. The lowest BCUT2D eigenvalue weighted by molar-refractivity contribution is 0.0933. The van der Waals surface area contributed by atoms with Crippen molar-refractivity contribution < 1.29 is 14.3 Å². The first-order chi connectivity index (χ1) is 13.2. The van der Waals surface area contributed by atoms with Crippen LogP contribution >= 0.6 is 11.8 Å². The molecular formula is C19H22N4O3S. The van der Waals surface area contributed by atoms with E-state index in [0.717, 1.165) is 17.8 Å². The van der Waals surface area contributed by atoms with Gasteiger partial charge < -0.3 is 14.8 Å².